The molecule has 102 valence electrons. The van der Waals surface area contributed by atoms with Gasteiger partial charge in [-0.3, -0.25) is 4.98 Å². The van der Waals surface area contributed by atoms with Gasteiger partial charge in [-0.1, -0.05) is 6.07 Å². The third-order valence-corrected chi connectivity index (χ3v) is 3.08. The standard InChI is InChI=1S/C14H10N6O/c15-14-19-12-11(17-7-18-12)13(20-14)21-10-5-1-4-9-8(10)3-2-6-16-9/h1-7H,(H3,15,17,18,19,20). The van der Waals surface area contributed by atoms with E-state index in [0.29, 0.717) is 22.8 Å². The molecule has 0 aliphatic rings. The number of nitrogens with one attached hydrogen (secondary N) is 1. The Balaban J connectivity index is 1.89. The van der Waals surface area contributed by atoms with Crippen molar-refractivity contribution in [2.75, 3.05) is 5.73 Å². The predicted octanol–water partition coefficient (Wildman–Crippen LogP) is 2.28. The van der Waals surface area contributed by atoms with Crippen molar-refractivity contribution < 1.29 is 4.74 Å². The second-order valence-corrected chi connectivity index (χ2v) is 4.42. The van der Waals surface area contributed by atoms with Gasteiger partial charge in [0.15, 0.2) is 5.65 Å². The fraction of sp³-hybridized carbons (Fsp3) is 0. The van der Waals surface area contributed by atoms with Crippen LogP contribution in [0.25, 0.3) is 22.1 Å². The number of H-pyrrole nitrogens is 1. The van der Waals surface area contributed by atoms with Crippen molar-refractivity contribution in [1.82, 2.24) is 24.9 Å². The number of rotatable bonds is 2. The zero-order valence-corrected chi connectivity index (χ0v) is 10.8. The summed E-state index contributed by atoms with van der Waals surface area (Å²) in [5, 5.41) is 0.893. The van der Waals surface area contributed by atoms with E-state index < -0.39 is 0 Å². The van der Waals surface area contributed by atoms with Crippen LogP contribution in [-0.2, 0) is 0 Å². The van der Waals surface area contributed by atoms with Crippen LogP contribution in [-0.4, -0.2) is 24.9 Å². The maximum absolute atomic E-state index is 5.90. The highest BCUT2D eigenvalue weighted by Gasteiger charge is 2.12. The van der Waals surface area contributed by atoms with Crippen LogP contribution in [0.2, 0.25) is 0 Å². The van der Waals surface area contributed by atoms with Gasteiger partial charge in [0, 0.05) is 11.6 Å². The van der Waals surface area contributed by atoms with E-state index in [1.54, 1.807) is 6.20 Å². The van der Waals surface area contributed by atoms with Gasteiger partial charge in [0.25, 0.3) is 5.88 Å². The lowest BCUT2D eigenvalue weighted by atomic mass is 10.2. The van der Waals surface area contributed by atoms with E-state index in [9.17, 15) is 0 Å². The summed E-state index contributed by atoms with van der Waals surface area (Å²) in [6, 6.07) is 9.44. The summed E-state index contributed by atoms with van der Waals surface area (Å²) in [4.78, 5) is 19.5. The van der Waals surface area contributed by atoms with Gasteiger partial charge in [-0.2, -0.15) is 9.97 Å². The molecular weight excluding hydrogens is 268 g/mol. The number of fused-ring (bicyclic) bond motifs is 2. The third kappa shape index (κ3) is 1.91. The molecule has 1 aromatic carbocycles. The highest BCUT2D eigenvalue weighted by molar-refractivity contribution is 5.86. The number of nitrogens with two attached hydrogens (primary N) is 1. The van der Waals surface area contributed by atoms with Crippen LogP contribution in [0.3, 0.4) is 0 Å². The monoisotopic (exact) mass is 278 g/mol. The van der Waals surface area contributed by atoms with Crippen molar-refractivity contribution in [3.8, 4) is 11.6 Å². The molecule has 0 fully saturated rings. The maximum Gasteiger partial charge on any atom is 0.250 e. The number of ether oxygens (including phenoxy) is 1. The van der Waals surface area contributed by atoms with E-state index in [-0.39, 0.29) is 5.95 Å². The molecule has 0 amide bonds. The Bertz CT molecular complexity index is 943. The van der Waals surface area contributed by atoms with Gasteiger partial charge in [-0.05, 0) is 24.3 Å². The van der Waals surface area contributed by atoms with Gasteiger partial charge in [0.1, 0.15) is 11.3 Å². The molecule has 0 saturated carbocycles. The van der Waals surface area contributed by atoms with E-state index in [1.165, 1.54) is 6.33 Å². The molecular formula is C14H10N6O. The lowest BCUT2D eigenvalue weighted by molar-refractivity contribution is 0.473. The van der Waals surface area contributed by atoms with Gasteiger partial charge in [0.2, 0.25) is 5.95 Å². The van der Waals surface area contributed by atoms with Crippen molar-refractivity contribution in [3.63, 3.8) is 0 Å². The Labute approximate surface area is 118 Å². The molecule has 3 aromatic heterocycles. The first kappa shape index (κ1) is 11.6. The summed E-state index contributed by atoms with van der Waals surface area (Å²) < 4.78 is 5.90. The number of benzene rings is 1. The zero-order valence-electron chi connectivity index (χ0n) is 10.8. The average molecular weight is 278 g/mol. The molecule has 0 atom stereocenters. The highest BCUT2D eigenvalue weighted by Crippen LogP contribution is 2.30. The van der Waals surface area contributed by atoms with Gasteiger partial charge >= 0.3 is 0 Å². The van der Waals surface area contributed by atoms with Crippen molar-refractivity contribution in [1.29, 1.82) is 0 Å². The van der Waals surface area contributed by atoms with Gasteiger partial charge < -0.3 is 15.5 Å². The quantitative estimate of drug-likeness (QED) is 0.583. The third-order valence-electron chi connectivity index (χ3n) is 3.08. The van der Waals surface area contributed by atoms with Crippen molar-refractivity contribution in [3.05, 3.63) is 42.9 Å². The molecule has 3 N–H and O–H groups in total. The van der Waals surface area contributed by atoms with Crippen LogP contribution in [0.4, 0.5) is 5.95 Å². The largest absolute Gasteiger partial charge is 0.436 e. The molecule has 4 aromatic rings. The summed E-state index contributed by atoms with van der Waals surface area (Å²) in [6.45, 7) is 0. The van der Waals surface area contributed by atoms with E-state index >= 15 is 0 Å². The Morgan fingerprint density at radius 2 is 2.00 bits per heavy atom. The number of hydrogen-bond donors (Lipinski definition) is 2. The lowest BCUT2D eigenvalue weighted by Crippen LogP contribution is -1.98. The number of nitrogens with zero attached hydrogens (tertiary/aromatic N) is 4. The second-order valence-electron chi connectivity index (χ2n) is 4.42. The zero-order chi connectivity index (χ0) is 14.2. The van der Waals surface area contributed by atoms with Crippen LogP contribution in [0, 0.1) is 0 Å². The minimum Gasteiger partial charge on any atom is -0.436 e. The molecule has 0 unspecified atom stereocenters. The normalized spacial score (nSPS) is 11.0. The Morgan fingerprint density at radius 3 is 2.95 bits per heavy atom. The molecule has 7 nitrogen and oxygen atoms in total. The Morgan fingerprint density at radius 1 is 1.05 bits per heavy atom. The molecule has 0 saturated heterocycles. The van der Waals surface area contributed by atoms with Crippen molar-refractivity contribution in [2.24, 2.45) is 0 Å². The number of hydrogen-bond acceptors (Lipinski definition) is 6. The van der Waals surface area contributed by atoms with Crippen LogP contribution in [0.5, 0.6) is 11.6 Å². The van der Waals surface area contributed by atoms with E-state index in [1.807, 2.05) is 30.3 Å². The summed E-state index contributed by atoms with van der Waals surface area (Å²) in [7, 11) is 0. The Kier molecular flexibility index (Phi) is 2.43. The van der Waals surface area contributed by atoms with Crippen molar-refractivity contribution in [2.45, 2.75) is 0 Å². The van der Waals surface area contributed by atoms with Crippen LogP contribution in [0.15, 0.2) is 42.9 Å². The summed E-state index contributed by atoms with van der Waals surface area (Å²) in [6.07, 6.45) is 3.26. The number of aromatic nitrogens is 5. The van der Waals surface area contributed by atoms with Gasteiger partial charge in [-0.15, -0.1) is 0 Å². The number of imidazole rings is 1. The van der Waals surface area contributed by atoms with Gasteiger partial charge in [-0.25, -0.2) is 4.98 Å². The maximum atomic E-state index is 5.90. The molecule has 7 heteroatoms. The molecule has 0 spiro atoms. The number of nitrogen functional groups attached to an aromatic ring is 1. The highest BCUT2D eigenvalue weighted by atomic mass is 16.5. The smallest absolute Gasteiger partial charge is 0.250 e. The van der Waals surface area contributed by atoms with E-state index in [2.05, 4.69) is 24.9 Å². The summed E-state index contributed by atoms with van der Waals surface area (Å²) >= 11 is 0. The topological polar surface area (TPSA) is 103 Å². The molecule has 0 aliphatic carbocycles. The van der Waals surface area contributed by atoms with Crippen LogP contribution >= 0.6 is 0 Å². The van der Waals surface area contributed by atoms with Crippen molar-refractivity contribution >= 4 is 28.0 Å². The minimum absolute atomic E-state index is 0.114. The number of pyridine rings is 1. The molecule has 0 radical (unpaired) electrons. The lowest BCUT2D eigenvalue weighted by Gasteiger charge is -2.08. The fourth-order valence-corrected chi connectivity index (χ4v) is 2.16. The first-order chi connectivity index (χ1) is 10.3. The predicted molar refractivity (Wildman–Crippen MR) is 77.9 cm³/mol. The number of aromatic amines is 1. The molecule has 4 rings (SSSR count). The summed E-state index contributed by atoms with van der Waals surface area (Å²) in [5.41, 5.74) is 7.60. The summed E-state index contributed by atoms with van der Waals surface area (Å²) in [5.74, 6) is 1.10. The molecule has 21 heavy (non-hydrogen) atoms. The van der Waals surface area contributed by atoms with Crippen LogP contribution < -0.4 is 10.5 Å². The molecule has 3 heterocycles. The first-order valence-corrected chi connectivity index (χ1v) is 6.29. The number of anilines is 1. The minimum atomic E-state index is 0.114. The van der Waals surface area contributed by atoms with Crippen LogP contribution in [0.1, 0.15) is 0 Å². The average Bonchev–Trinajstić information content (AvgIpc) is 2.96. The second kappa shape index (κ2) is 4.41. The fourth-order valence-electron chi connectivity index (χ4n) is 2.16. The molecule has 0 bridgehead atoms. The molecule has 0 aliphatic heterocycles. The SMILES string of the molecule is Nc1nc(Oc2cccc3ncccc23)c2[nH]cnc2n1. The van der Waals surface area contributed by atoms with E-state index in [4.69, 9.17) is 10.5 Å². The Hall–Kier alpha value is -3.22. The van der Waals surface area contributed by atoms with E-state index in [0.717, 1.165) is 10.9 Å². The van der Waals surface area contributed by atoms with Gasteiger partial charge in [0.05, 0.1) is 11.8 Å². The first-order valence-electron chi connectivity index (χ1n) is 6.29.